The van der Waals surface area contributed by atoms with Gasteiger partial charge in [-0.3, -0.25) is 9.78 Å². The number of carbonyl (C=O) groups excluding carboxylic acids is 1. The average molecular weight is 468 g/mol. The van der Waals surface area contributed by atoms with Crippen molar-refractivity contribution < 1.29 is 18.0 Å². The maximum absolute atomic E-state index is 13.8. The predicted molar refractivity (Wildman–Crippen MR) is 119 cm³/mol. The first-order chi connectivity index (χ1) is 16.3. The Bertz CT molecular complexity index is 1190. The van der Waals surface area contributed by atoms with Crippen molar-refractivity contribution in [3.05, 3.63) is 65.7 Å². The number of hydrogen-bond donors (Lipinski definition) is 1. The summed E-state index contributed by atoms with van der Waals surface area (Å²) in [5, 5.41) is 3.27. The summed E-state index contributed by atoms with van der Waals surface area (Å²) >= 11 is 0. The van der Waals surface area contributed by atoms with Crippen LogP contribution in [-0.4, -0.2) is 49.4 Å². The van der Waals surface area contributed by atoms with Gasteiger partial charge in [0.15, 0.2) is 5.82 Å². The van der Waals surface area contributed by atoms with Gasteiger partial charge in [-0.05, 0) is 61.9 Å². The lowest BCUT2D eigenvalue weighted by Crippen LogP contribution is -2.59. The van der Waals surface area contributed by atoms with Crippen LogP contribution in [0.3, 0.4) is 0 Å². The van der Waals surface area contributed by atoms with Gasteiger partial charge in [-0.2, -0.15) is 13.2 Å². The largest absolute Gasteiger partial charge is 0.417 e. The predicted octanol–water partition coefficient (Wildman–Crippen LogP) is 4.37. The molecule has 1 N–H and O–H groups in total. The number of carbonyl (C=O) groups is 1. The van der Waals surface area contributed by atoms with Crippen LogP contribution in [-0.2, 0) is 6.18 Å². The number of nitrogens with one attached hydrogen (secondary N) is 1. The van der Waals surface area contributed by atoms with Gasteiger partial charge in [-0.25, -0.2) is 15.0 Å². The van der Waals surface area contributed by atoms with Crippen molar-refractivity contribution in [2.45, 2.75) is 44.4 Å². The molecule has 0 radical (unpaired) electrons. The van der Waals surface area contributed by atoms with E-state index in [2.05, 4.69) is 25.3 Å². The van der Waals surface area contributed by atoms with E-state index in [4.69, 9.17) is 0 Å². The van der Waals surface area contributed by atoms with Gasteiger partial charge in [0.1, 0.15) is 11.5 Å². The van der Waals surface area contributed by atoms with Gasteiger partial charge in [0.2, 0.25) is 0 Å². The second-order valence-corrected chi connectivity index (χ2v) is 8.87. The number of fused-ring (bicyclic) bond motifs is 3. The van der Waals surface area contributed by atoms with E-state index in [1.807, 2.05) is 17.9 Å². The fourth-order valence-electron chi connectivity index (χ4n) is 4.91. The first-order valence-corrected chi connectivity index (χ1v) is 11.1. The minimum absolute atomic E-state index is 0.102. The molecule has 3 atom stereocenters. The van der Waals surface area contributed by atoms with Crippen molar-refractivity contribution in [3.8, 4) is 11.5 Å². The molecule has 0 aromatic carbocycles. The molecule has 3 aliphatic rings. The number of alkyl halides is 3. The third-order valence-corrected chi connectivity index (χ3v) is 6.49. The Labute approximate surface area is 194 Å². The fraction of sp³-hybridized carbons (Fsp3) is 0.375. The molecule has 10 heteroatoms. The molecule has 3 aromatic rings. The maximum atomic E-state index is 13.8. The fourth-order valence-corrected chi connectivity index (χ4v) is 4.91. The molecule has 7 nitrogen and oxygen atoms in total. The van der Waals surface area contributed by atoms with Gasteiger partial charge < -0.3 is 10.2 Å². The maximum Gasteiger partial charge on any atom is 0.417 e. The van der Waals surface area contributed by atoms with Crippen molar-refractivity contribution in [2.75, 3.05) is 11.9 Å². The number of rotatable bonds is 4. The zero-order valence-electron chi connectivity index (χ0n) is 18.5. The highest BCUT2D eigenvalue weighted by Gasteiger charge is 2.44. The van der Waals surface area contributed by atoms with E-state index in [1.54, 1.807) is 24.7 Å². The van der Waals surface area contributed by atoms with E-state index < -0.39 is 11.7 Å². The average Bonchev–Trinajstić information content (AvgIpc) is 2.84. The number of pyridine rings is 2. The summed E-state index contributed by atoms with van der Waals surface area (Å²) in [4.78, 5) is 32.6. The van der Waals surface area contributed by atoms with Crippen LogP contribution >= 0.6 is 0 Å². The molecule has 34 heavy (non-hydrogen) atoms. The summed E-state index contributed by atoms with van der Waals surface area (Å²) in [7, 11) is 0. The van der Waals surface area contributed by atoms with Crippen molar-refractivity contribution in [3.63, 3.8) is 0 Å². The number of anilines is 1. The first kappa shape index (κ1) is 22.2. The van der Waals surface area contributed by atoms with Gasteiger partial charge in [0.05, 0.1) is 17.2 Å². The minimum atomic E-state index is -4.43. The highest BCUT2D eigenvalue weighted by atomic mass is 19.4. The van der Waals surface area contributed by atoms with Crippen LogP contribution in [0.4, 0.5) is 19.0 Å². The van der Waals surface area contributed by atoms with Crippen molar-refractivity contribution >= 4 is 11.7 Å². The third kappa shape index (κ3) is 4.32. The van der Waals surface area contributed by atoms with Crippen LogP contribution < -0.4 is 5.32 Å². The quantitative estimate of drug-likeness (QED) is 0.612. The SMILES string of the molecule is Cc1cnc(-c2ncccn2)c(C(=O)N2C[C@H]3CC[C@H]2[C@H](Nc2ccc(C(F)(F)F)cn2)C3)c1. The second-order valence-electron chi connectivity index (χ2n) is 8.87. The Morgan fingerprint density at radius 1 is 1.09 bits per heavy atom. The van der Waals surface area contributed by atoms with Crippen LogP contribution in [0.25, 0.3) is 11.5 Å². The normalized spacial score (nSPS) is 22.0. The van der Waals surface area contributed by atoms with Gasteiger partial charge >= 0.3 is 6.18 Å². The zero-order chi connectivity index (χ0) is 23.9. The van der Waals surface area contributed by atoms with E-state index in [0.29, 0.717) is 35.4 Å². The van der Waals surface area contributed by atoms with Gasteiger partial charge in [-0.15, -0.1) is 0 Å². The summed E-state index contributed by atoms with van der Waals surface area (Å²) in [5.41, 5.74) is 0.952. The lowest BCUT2D eigenvalue weighted by Gasteiger charge is -2.50. The molecular formula is C24H23F3N6O. The summed E-state index contributed by atoms with van der Waals surface area (Å²) < 4.78 is 38.6. The smallest absolute Gasteiger partial charge is 0.365 e. The van der Waals surface area contributed by atoms with Crippen LogP contribution in [0.2, 0.25) is 0 Å². The number of aryl methyl sites for hydroxylation is 1. The Morgan fingerprint density at radius 3 is 2.56 bits per heavy atom. The molecule has 0 unspecified atom stereocenters. The molecule has 1 saturated carbocycles. The summed E-state index contributed by atoms with van der Waals surface area (Å²) in [6.07, 6.45) is 3.95. The summed E-state index contributed by atoms with van der Waals surface area (Å²) in [6, 6.07) is 5.66. The van der Waals surface area contributed by atoms with Crippen molar-refractivity contribution in [1.29, 1.82) is 0 Å². The molecule has 6 rings (SSSR count). The zero-order valence-corrected chi connectivity index (χ0v) is 18.5. The highest BCUT2D eigenvalue weighted by molar-refractivity contribution is 5.99. The lowest BCUT2D eigenvalue weighted by atomic mass is 9.76. The number of amides is 1. The molecular weight excluding hydrogens is 445 g/mol. The van der Waals surface area contributed by atoms with Gasteiger partial charge in [0, 0.05) is 37.4 Å². The van der Waals surface area contributed by atoms with E-state index in [1.165, 1.54) is 6.07 Å². The number of hydrogen-bond acceptors (Lipinski definition) is 6. The topological polar surface area (TPSA) is 83.9 Å². The Balaban J connectivity index is 1.40. The summed E-state index contributed by atoms with van der Waals surface area (Å²) in [6.45, 7) is 2.51. The molecule has 3 fully saturated rings. The Morgan fingerprint density at radius 2 is 1.88 bits per heavy atom. The lowest BCUT2D eigenvalue weighted by molar-refractivity contribution is -0.137. The van der Waals surface area contributed by atoms with Crippen molar-refractivity contribution in [2.24, 2.45) is 5.92 Å². The molecule has 1 amide bonds. The van der Waals surface area contributed by atoms with Crippen LogP contribution in [0.15, 0.2) is 49.1 Å². The number of aromatic nitrogens is 4. The molecule has 2 saturated heterocycles. The van der Waals surface area contributed by atoms with Gasteiger partial charge in [-0.1, -0.05) is 0 Å². The van der Waals surface area contributed by atoms with E-state index >= 15 is 0 Å². The monoisotopic (exact) mass is 468 g/mol. The van der Waals surface area contributed by atoms with E-state index in [0.717, 1.165) is 37.1 Å². The van der Waals surface area contributed by atoms with Crippen LogP contribution in [0.1, 0.15) is 40.7 Å². The number of halogens is 3. The molecule has 1 aliphatic carbocycles. The van der Waals surface area contributed by atoms with Crippen molar-refractivity contribution in [1.82, 2.24) is 24.8 Å². The summed E-state index contributed by atoms with van der Waals surface area (Å²) in [5.74, 6) is 0.917. The Hall–Kier alpha value is -3.56. The van der Waals surface area contributed by atoms with Crippen LogP contribution in [0.5, 0.6) is 0 Å². The molecule has 2 bridgehead atoms. The first-order valence-electron chi connectivity index (χ1n) is 11.1. The number of piperidine rings is 2. The second kappa shape index (κ2) is 8.66. The highest BCUT2D eigenvalue weighted by Crippen LogP contribution is 2.38. The van der Waals surface area contributed by atoms with Gasteiger partial charge in [0.25, 0.3) is 5.91 Å². The number of nitrogens with zero attached hydrogens (tertiary/aromatic N) is 5. The van der Waals surface area contributed by atoms with Crippen LogP contribution in [0, 0.1) is 12.8 Å². The molecule has 2 aliphatic heterocycles. The van der Waals surface area contributed by atoms with E-state index in [9.17, 15) is 18.0 Å². The standard InChI is InChI=1S/C24H23F3N6O/c1-14-9-17(21(31-11-14)22-28-7-2-8-29-22)23(34)33-13-15-3-5-19(33)18(10-15)32-20-6-4-16(12-30-20)24(25,26)27/h2,4,6-9,11-12,15,18-19H,3,5,10,13H2,1H3,(H,30,32)/t15-,18+,19-/m0/s1. The molecule has 176 valence electrons. The Kier molecular flexibility index (Phi) is 5.66. The minimum Gasteiger partial charge on any atom is -0.365 e. The molecule has 3 aromatic heterocycles. The molecule has 0 spiro atoms. The van der Waals surface area contributed by atoms with E-state index in [-0.39, 0.29) is 18.0 Å². The third-order valence-electron chi connectivity index (χ3n) is 6.49. The molecule has 5 heterocycles.